The smallest absolute Gasteiger partial charge is 0.335 e. The molecule has 0 bridgehead atoms. The summed E-state index contributed by atoms with van der Waals surface area (Å²) in [5.41, 5.74) is 0. The molecular formula is C61H100O12. The molecule has 1 aliphatic rings. The molecule has 416 valence electrons. The van der Waals surface area contributed by atoms with E-state index in [0.717, 1.165) is 122 Å². The van der Waals surface area contributed by atoms with Crippen LogP contribution in [0.4, 0.5) is 0 Å². The van der Waals surface area contributed by atoms with Gasteiger partial charge in [0, 0.05) is 19.3 Å². The normalized spacial score (nSPS) is 18.9. The molecule has 12 heteroatoms. The lowest BCUT2D eigenvalue weighted by molar-refractivity contribution is -0.301. The van der Waals surface area contributed by atoms with Gasteiger partial charge in [0.05, 0.1) is 6.61 Å². The Morgan fingerprint density at radius 2 is 0.863 bits per heavy atom. The monoisotopic (exact) mass is 1020 g/mol. The first-order valence-electron chi connectivity index (χ1n) is 28.6. The molecule has 1 heterocycles. The molecule has 6 unspecified atom stereocenters. The van der Waals surface area contributed by atoms with Crippen LogP contribution in [0.2, 0.25) is 0 Å². The van der Waals surface area contributed by atoms with E-state index >= 15 is 0 Å². The maximum atomic E-state index is 13.1. The Morgan fingerprint density at radius 3 is 1.34 bits per heavy atom. The summed E-state index contributed by atoms with van der Waals surface area (Å²) < 4.78 is 28.3. The molecule has 0 aliphatic carbocycles. The summed E-state index contributed by atoms with van der Waals surface area (Å²) in [7, 11) is 0. The zero-order valence-electron chi connectivity index (χ0n) is 45.6. The van der Waals surface area contributed by atoms with Crippen molar-refractivity contribution in [2.45, 2.75) is 263 Å². The summed E-state index contributed by atoms with van der Waals surface area (Å²) in [6, 6.07) is 0. The Kier molecular flexibility index (Phi) is 44.7. The summed E-state index contributed by atoms with van der Waals surface area (Å²) in [5.74, 6) is -3.19. The number of aliphatic hydroxyl groups excluding tert-OH is 2. The highest BCUT2D eigenvalue weighted by Crippen LogP contribution is 2.26. The van der Waals surface area contributed by atoms with Crippen LogP contribution >= 0.6 is 0 Å². The molecule has 0 spiro atoms. The average Bonchev–Trinajstić information content (AvgIpc) is 3.37. The number of aliphatic hydroxyl groups is 2. The molecular weight excluding hydrogens is 925 g/mol. The predicted octanol–water partition coefficient (Wildman–Crippen LogP) is 14.3. The first kappa shape index (κ1) is 66.9. The van der Waals surface area contributed by atoms with Crippen LogP contribution in [0.5, 0.6) is 0 Å². The van der Waals surface area contributed by atoms with Gasteiger partial charge in [-0.25, -0.2) is 4.79 Å². The van der Waals surface area contributed by atoms with Gasteiger partial charge >= 0.3 is 23.9 Å². The van der Waals surface area contributed by atoms with Gasteiger partial charge in [0.25, 0.3) is 0 Å². The van der Waals surface area contributed by atoms with Crippen LogP contribution in [0.15, 0.2) is 85.1 Å². The molecule has 1 rings (SSSR count). The van der Waals surface area contributed by atoms with E-state index in [2.05, 4.69) is 106 Å². The maximum absolute atomic E-state index is 13.1. The van der Waals surface area contributed by atoms with E-state index in [1.165, 1.54) is 44.9 Å². The number of carbonyl (C=O) groups excluding carboxylic acids is 3. The second-order valence-corrected chi connectivity index (χ2v) is 19.2. The van der Waals surface area contributed by atoms with Gasteiger partial charge in [-0.15, -0.1) is 0 Å². The number of rotatable bonds is 47. The Labute approximate surface area is 441 Å². The molecule has 0 amide bonds. The molecule has 0 aromatic rings. The minimum absolute atomic E-state index is 0.0429. The third kappa shape index (κ3) is 39.0. The van der Waals surface area contributed by atoms with Crippen molar-refractivity contribution in [3.05, 3.63) is 85.1 Å². The summed E-state index contributed by atoms with van der Waals surface area (Å²) >= 11 is 0. The standard InChI is InChI=1S/C61H100O12/c1-4-7-10-13-16-19-22-24-26-27-29-31-34-37-40-43-46-49-55(64)72-59-57(66)56(65)58(60(67)68)73-61(59)70-51-52(71-54(63)48-45-42-39-36-32-21-18-15-12-9-6-3)50-69-53(62)47-44-41-38-35-33-30-28-25-23-20-17-14-11-8-5-2/h7-8,10-11,16-17,19-20,24-26,28,33,35,52,56-59,61,65-66H,4-6,9,12-15,18,21-23,27,29-32,34,36-51H2,1-3H3,(H,67,68)/b10-7-,11-8-,19-16-,20-17-,26-24-,28-25-,35-33-. The Morgan fingerprint density at radius 1 is 0.466 bits per heavy atom. The van der Waals surface area contributed by atoms with E-state index in [-0.39, 0.29) is 25.9 Å². The number of carbonyl (C=O) groups is 4. The van der Waals surface area contributed by atoms with Crippen molar-refractivity contribution in [2.24, 2.45) is 0 Å². The number of unbranched alkanes of at least 4 members (excludes halogenated alkanes) is 19. The molecule has 3 N–H and O–H groups in total. The zero-order valence-corrected chi connectivity index (χ0v) is 45.6. The number of carboxylic acids is 1. The predicted molar refractivity (Wildman–Crippen MR) is 294 cm³/mol. The first-order chi connectivity index (χ1) is 35.6. The molecule has 12 nitrogen and oxygen atoms in total. The lowest BCUT2D eigenvalue weighted by atomic mass is 9.98. The van der Waals surface area contributed by atoms with Crippen molar-refractivity contribution >= 4 is 23.9 Å². The quantitative estimate of drug-likeness (QED) is 0.0228. The van der Waals surface area contributed by atoms with E-state index in [9.17, 15) is 34.5 Å². The maximum Gasteiger partial charge on any atom is 0.335 e. The topological polar surface area (TPSA) is 175 Å². The van der Waals surface area contributed by atoms with E-state index in [0.29, 0.717) is 19.3 Å². The highest BCUT2D eigenvalue weighted by molar-refractivity contribution is 5.74. The number of carboxylic acid groups (broad SMARTS) is 1. The summed E-state index contributed by atoms with van der Waals surface area (Å²) in [4.78, 5) is 51.0. The largest absolute Gasteiger partial charge is 0.479 e. The first-order valence-corrected chi connectivity index (χ1v) is 28.6. The van der Waals surface area contributed by atoms with Crippen molar-refractivity contribution in [1.82, 2.24) is 0 Å². The molecule has 6 atom stereocenters. The van der Waals surface area contributed by atoms with Gasteiger partial charge in [-0.2, -0.15) is 0 Å². The van der Waals surface area contributed by atoms with Crippen molar-refractivity contribution in [1.29, 1.82) is 0 Å². The van der Waals surface area contributed by atoms with Crippen LogP contribution in [0, 0.1) is 0 Å². The number of esters is 3. The summed E-state index contributed by atoms with van der Waals surface area (Å²) in [6.45, 7) is 5.71. The highest BCUT2D eigenvalue weighted by atomic mass is 16.7. The number of aliphatic carboxylic acids is 1. The fraction of sp³-hybridized carbons (Fsp3) is 0.705. The molecule has 1 fully saturated rings. The van der Waals surface area contributed by atoms with Crippen LogP contribution in [0.1, 0.15) is 226 Å². The molecule has 73 heavy (non-hydrogen) atoms. The fourth-order valence-electron chi connectivity index (χ4n) is 8.14. The third-order valence-corrected chi connectivity index (χ3v) is 12.5. The zero-order chi connectivity index (χ0) is 53.3. The molecule has 1 aliphatic heterocycles. The Balaban J connectivity index is 2.71. The second-order valence-electron chi connectivity index (χ2n) is 19.2. The molecule has 0 radical (unpaired) electrons. The van der Waals surface area contributed by atoms with E-state index in [1.54, 1.807) is 0 Å². The Hall–Kier alpha value is -4.10. The Bertz CT molecular complexity index is 1590. The van der Waals surface area contributed by atoms with E-state index in [1.807, 2.05) is 0 Å². The van der Waals surface area contributed by atoms with Gasteiger partial charge in [-0.1, -0.05) is 202 Å². The number of hydrogen-bond acceptors (Lipinski definition) is 11. The van der Waals surface area contributed by atoms with Crippen LogP contribution in [0.25, 0.3) is 0 Å². The summed E-state index contributed by atoms with van der Waals surface area (Å²) in [5, 5.41) is 31.4. The fourth-order valence-corrected chi connectivity index (χ4v) is 8.14. The van der Waals surface area contributed by atoms with Gasteiger partial charge < -0.3 is 39.0 Å². The van der Waals surface area contributed by atoms with Gasteiger partial charge in [0.15, 0.2) is 24.6 Å². The molecule has 0 aromatic heterocycles. The van der Waals surface area contributed by atoms with Crippen LogP contribution in [-0.2, 0) is 42.9 Å². The van der Waals surface area contributed by atoms with Crippen LogP contribution in [-0.4, -0.2) is 89.2 Å². The van der Waals surface area contributed by atoms with Crippen molar-refractivity contribution in [2.75, 3.05) is 13.2 Å². The van der Waals surface area contributed by atoms with Gasteiger partial charge in [0.2, 0.25) is 0 Å². The van der Waals surface area contributed by atoms with E-state index < -0.39 is 67.3 Å². The van der Waals surface area contributed by atoms with Crippen LogP contribution < -0.4 is 0 Å². The third-order valence-electron chi connectivity index (χ3n) is 12.5. The molecule has 0 saturated carbocycles. The second kappa shape index (κ2) is 48.8. The number of hydrogen-bond donors (Lipinski definition) is 3. The average molecular weight is 1030 g/mol. The van der Waals surface area contributed by atoms with Gasteiger partial charge in [0.1, 0.15) is 18.8 Å². The number of allylic oxidation sites excluding steroid dienone is 14. The SMILES string of the molecule is CC/C=C\C/C=C\C/C=C\C/C=C\CCCCC(=O)OCC(COC1OC(C(=O)O)C(O)C(O)C1OC(=O)CCCCCCCCC/C=C\C/C=C\C/C=C\CC)OC(=O)CCCCCCCCCCCCC. The van der Waals surface area contributed by atoms with Gasteiger partial charge in [-0.3, -0.25) is 14.4 Å². The minimum Gasteiger partial charge on any atom is -0.479 e. The lowest BCUT2D eigenvalue weighted by Gasteiger charge is -2.40. The minimum atomic E-state index is -1.91. The lowest BCUT2D eigenvalue weighted by Crippen LogP contribution is -2.61. The van der Waals surface area contributed by atoms with Crippen molar-refractivity contribution in [3.63, 3.8) is 0 Å². The van der Waals surface area contributed by atoms with Gasteiger partial charge in [-0.05, 0) is 89.9 Å². The number of ether oxygens (including phenoxy) is 5. The van der Waals surface area contributed by atoms with Crippen molar-refractivity contribution in [3.8, 4) is 0 Å². The molecule has 1 saturated heterocycles. The molecule has 0 aromatic carbocycles. The van der Waals surface area contributed by atoms with Crippen LogP contribution in [0.3, 0.4) is 0 Å². The van der Waals surface area contributed by atoms with Crippen molar-refractivity contribution < 1.29 is 58.2 Å². The summed E-state index contributed by atoms with van der Waals surface area (Å²) in [6.07, 6.45) is 49.9. The van der Waals surface area contributed by atoms with E-state index in [4.69, 9.17) is 23.7 Å². The highest BCUT2D eigenvalue weighted by Gasteiger charge is 2.50.